The van der Waals surface area contributed by atoms with Gasteiger partial charge in [-0.15, -0.1) is 0 Å². The number of ether oxygens (including phenoxy) is 1. The van der Waals surface area contributed by atoms with Gasteiger partial charge in [-0.1, -0.05) is 12.8 Å². The summed E-state index contributed by atoms with van der Waals surface area (Å²) in [5, 5.41) is 0.937. The van der Waals surface area contributed by atoms with Crippen LogP contribution in [0.4, 0.5) is 0 Å². The molecule has 2 aromatic rings. The van der Waals surface area contributed by atoms with E-state index in [-0.39, 0.29) is 18.1 Å². The third kappa shape index (κ3) is 3.28. The first-order valence-corrected chi connectivity index (χ1v) is 9.21. The van der Waals surface area contributed by atoms with Crippen molar-refractivity contribution in [1.82, 2.24) is 4.90 Å². The summed E-state index contributed by atoms with van der Waals surface area (Å²) in [6.45, 7) is 1.72. The van der Waals surface area contributed by atoms with Crippen molar-refractivity contribution in [3.8, 4) is 5.75 Å². The summed E-state index contributed by atoms with van der Waals surface area (Å²) in [4.78, 5) is 26.2. The maximum absolute atomic E-state index is 12.4. The fourth-order valence-electron chi connectivity index (χ4n) is 3.91. The Bertz CT molecular complexity index is 847. The molecule has 1 fully saturated rings. The quantitative estimate of drug-likeness (QED) is 0.805. The maximum Gasteiger partial charge on any atom is 0.339 e. The highest BCUT2D eigenvalue weighted by Gasteiger charge is 2.20. The van der Waals surface area contributed by atoms with Gasteiger partial charge in [0.15, 0.2) is 6.61 Å². The Balaban J connectivity index is 1.51. The van der Waals surface area contributed by atoms with Crippen LogP contribution in [0.5, 0.6) is 5.75 Å². The minimum Gasteiger partial charge on any atom is -0.484 e. The molecule has 132 valence electrons. The second-order valence-electron chi connectivity index (χ2n) is 6.94. The molecule has 5 nitrogen and oxygen atoms in total. The van der Waals surface area contributed by atoms with Crippen LogP contribution in [0.3, 0.4) is 0 Å². The SMILES string of the molecule is O=C(COc1ccc2oc(=O)c3c(c2c1)CCC3)N1CCCCCC1. The fourth-order valence-corrected chi connectivity index (χ4v) is 3.91. The highest BCUT2D eigenvalue weighted by atomic mass is 16.5. The number of hydrogen-bond donors (Lipinski definition) is 0. The van der Waals surface area contributed by atoms with Gasteiger partial charge in [0.25, 0.3) is 5.91 Å². The molecule has 1 aliphatic heterocycles. The van der Waals surface area contributed by atoms with Gasteiger partial charge >= 0.3 is 5.63 Å². The van der Waals surface area contributed by atoms with Gasteiger partial charge in [0.1, 0.15) is 11.3 Å². The number of aryl methyl sites for hydroxylation is 1. The van der Waals surface area contributed by atoms with E-state index in [1.54, 1.807) is 12.1 Å². The van der Waals surface area contributed by atoms with Crippen LogP contribution >= 0.6 is 0 Å². The topological polar surface area (TPSA) is 59.8 Å². The summed E-state index contributed by atoms with van der Waals surface area (Å²) >= 11 is 0. The molecule has 0 N–H and O–H groups in total. The normalized spacial score (nSPS) is 17.4. The van der Waals surface area contributed by atoms with E-state index < -0.39 is 0 Å². The second-order valence-corrected chi connectivity index (χ2v) is 6.94. The van der Waals surface area contributed by atoms with Gasteiger partial charge in [0, 0.05) is 24.0 Å². The van der Waals surface area contributed by atoms with Crippen molar-refractivity contribution in [1.29, 1.82) is 0 Å². The molecule has 0 atom stereocenters. The number of nitrogens with zero attached hydrogens (tertiary/aromatic N) is 1. The summed E-state index contributed by atoms with van der Waals surface area (Å²) < 4.78 is 11.2. The Morgan fingerprint density at radius 2 is 1.80 bits per heavy atom. The average Bonchev–Trinajstić information content (AvgIpc) is 2.96. The number of hydrogen-bond acceptors (Lipinski definition) is 4. The lowest BCUT2D eigenvalue weighted by Crippen LogP contribution is -2.35. The van der Waals surface area contributed by atoms with Crippen LogP contribution < -0.4 is 10.4 Å². The Kier molecular flexibility index (Phi) is 4.47. The molecule has 5 heteroatoms. The molecule has 2 aliphatic rings. The molecule has 0 saturated carbocycles. The molecule has 1 aliphatic carbocycles. The highest BCUT2D eigenvalue weighted by Crippen LogP contribution is 2.30. The molecule has 1 saturated heterocycles. The van der Waals surface area contributed by atoms with E-state index in [0.717, 1.165) is 61.7 Å². The van der Waals surface area contributed by atoms with Gasteiger partial charge in [0.05, 0.1) is 0 Å². The molecule has 1 aromatic carbocycles. The molecule has 1 aromatic heterocycles. The van der Waals surface area contributed by atoms with Crippen molar-refractivity contribution in [2.75, 3.05) is 19.7 Å². The zero-order valence-electron chi connectivity index (χ0n) is 14.4. The van der Waals surface area contributed by atoms with Crippen LogP contribution in [0.25, 0.3) is 11.0 Å². The molecular weight excluding hydrogens is 318 g/mol. The Labute approximate surface area is 146 Å². The minimum absolute atomic E-state index is 0.0480. The maximum atomic E-state index is 12.4. The largest absolute Gasteiger partial charge is 0.484 e. The molecule has 0 bridgehead atoms. The minimum atomic E-state index is -0.218. The van der Waals surface area contributed by atoms with E-state index >= 15 is 0 Å². The zero-order chi connectivity index (χ0) is 17.2. The molecule has 25 heavy (non-hydrogen) atoms. The summed E-state index contributed by atoms with van der Waals surface area (Å²) in [6.07, 6.45) is 7.22. The number of fused-ring (bicyclic) bond motifs is 3. The van der Waals surface area contributed by atoms with Gasteiger partial charge in [-0.2, -0.15) is 0 Å². The predicted molar refractivity (Wildman–Crippen MR) is 95.1 cm³/mol. The first-order chi connectivity index (χ1) is 12.2. The van der Waals surface area contributed by atoms with Gasteiger partial charge in [-0.05, 0) is 55.9 Å². The number of rotatable bonds is 3. The lowest BCUT2D eigenvalue weighted by Gasteiger charge is -2.20. The van der Waals surface area contributed by atoms with E-state index in [1.165, 1.54) is 12.8 Å². The fraction of sp³-hybridized carbons (Fsp3) is 0.500. The third-order valence-corrected chi connectivity index (χ3v) is 5.26. The molecule has 0 radical (unpaired) electrons. The Morgan fingerprint density at radius 3 is 2.60 bits per heavy atom. The highest BCUT2D eigenvalue weighted by molar-refractivity contribution is 5.83. The van der Waals surface area contributed by atoms with Crippen molar-refractivity contribution in [3.05, 3.63) is 39.7 Å². The van der Waals surface area contributed by atoms with Crippen LogP contribution in [0, 0.1) is 0 Å². The summed E-state index contributed by atoms with van der Waals surface area (Å²) in [5.41, 5.74) is 2.25. The number of carbonyl (C=O) groups excluding carboxylic acids is 1. The lowest BCUT2D eigenvalue weighted by molar-refractivity contribution is -0.133. The van der Waals surface area contributed by atoms with Gasteiger partial charge in [0.2, 0.25) is 0 Å². The van der Waals surface area contributed by atoms with Gasteiger partial charge in [-0.3, -0.25) is 4.79 Å². The number of carbonyl (C=O) groups is 1. The van der Waals surface area contributed by atoms with E-state index in [9.17, 15) is 9.59 Å². The number of likely N-dealkylation sites (tertiary alicyclic amines) is 1. The first-order valence-electron chi connectivity index (χ1n) is 9.21. The van der Waals surface area contributed by atoms with Crippen LogP contribution in [-0.2, 0) is 17.6 Å². The summed E-state index contributed by atoms with van der Waals surface area (Å²) in [6, 6.07) is 5.43. The van der Waals surface area contributed by atoms with Crippen molar-refractivity contribution in [2.45, 2.75) is 44.9 Å². The predicted octanol–water partition coefficient (Wildman–Crippen LogP) is 3.06. The molecule has 4 rings (SSSR count). The molecule has 0 spiro atoms. The summed E-state index contributed by atoms with van der Waals surface area (Å²) in [5.74, 6) is 0.699. The lowest BCUT2D eigenvalue weighted by atomic mass is 10.1. The monoisotopic (exact) mass is 341 g/mol. The summed E-state index contributed by atoms with van der Waals surface area (Å²) in [7, 11) is 0. The van der Waals surface area contributed by atoms with Crippen molar-refractivity contribution >= 4 is 16.9 Å². The third-order valence-electron chi connectivity index (χ3n) is 5.26. The average molecular weight is 341 g/mol. The van der Waals surface area contributed by atoms with Crippen LogP contribution in [0.2, 0.25) is 0 Å². The van der Waals surface area contributed by atoms with Crippen molar-refractivity contribution in [2.24, 2.45) is 0 Å². The Hall–Kier alpha value is -2.30. The van der Waals surface area contributed by atoms with Crippen LogP contribution in [0.1, 0.15) is 43.2 Å². The van der Waals surface area contributed by atoms with E-state index in [2.05, 4.69) is 0 Å². The zero-order valence-corrected chi connectivity index (χ0v) is 14.4. The first kappa shape index (κ1) is 16.2. The van der Waals surface area contributed by atoms with Crippen molar-refractivity contribution in [3.63, 3.8) is 0 Å². The van der Waals surface area contributed by atoms with Crippen molar-refractivity contribution < 1.29 is 13.9 Å². The van der Waals surface area contributed by atoms with E-state index in [4.69, 9.17) is 9.15 Å². The van der Waals surface area contributed by atoms with Gasteiger partial charge < -0.3 is 14.1 Å². The smallest absolute Gasteiger partial charge is 0.339 e. The van der Waals surface area contributed by atoms with Crippen LogP contribution in [-0.4, -0.2) is 30.5 Å². The molecule has 0 unspecified atom stereocenters. The van der Waals surface area contributed by atoms with Crippen LogP contribution in [0.15, 0.2) is 27.4 Å². The Morgan fingerprint density at radius 1 is 1.04 bits per heavy atom. The second kappa shape index (κ2) is 6.90. The van der Waals surface area contributed by atoms with E-state index in [1.807, 2.05) is 11.0 Å². The van der Waals surface area contributed by atoms with E-state index in [0.29, 0.717) is 11.3 Å². The van der Waals surface area contributed by atoms with Gasteiger partial charge in [-0.25, -0.2) is 4.79 Å². The molecule has 1 amide bonds. The molecule has 2 heterocycles. The molecular formula is C20H23NO4. The standard InChI is InChI=1S/C20H23NO4/c22-19(21-10-3-1-2-4-11-21)13-24-14-8-9-18-17(12-14)15-6-5-7-16(15)20(23)25-18/h8-9,12H,1-7,10-11,13H2. The number of amides is 1. The number of benzene rings is 1.